The molecule has 0 radical (unpaired) electrons. The van der Waals surface area contributed by atoms with E-state index < -0.39 is 0 Å². The summed E-state index contributed by atoms with van der Waals surface area (Å²) in [5, 5.41) is 3.46. The maximum absolute atomic E-state index is 5.63. The molecule has 0 spiro atoms. The van der Waals surface area contributed by atoms with Gasteiger partial charge in [-0.3, -0.25) is 0 Å². The smallest absolute Gasteiger partial charge is 0.125 e. The molecule has 0 aliphatic carbocycles. The van der Waals surface area contributed by atoms with Crippen molar-refractivity contribution in [3.05, 3.63) is 48.4 Å². The predicted molar refractivity (Wildman–Crippen MR) is 77.6 cm³/mol. The van der Waals surface area contributed by atoms with Crippen molar-refractivity contribution in [1.29, 1.82) is 0 Å². The fourth-order valence-corrected chi connectivity index (χ4v) is 1.97. The van der Waals surface area contributed by atoms with Gasteiger partial charge in [0.1, 0.15) is 11.5 Å². The molecule has 1 heterocycles. The minimum atomic E-state index is 0.199. The first-order valence-electron chi connectivity index (χ1n) is 6.75. The third-order valence-electron chi connectivity index (χ3n) is 2.86. The fraction of sp³-hybridized carbons (Fsp3) is 0.375. The van der Waals surface area contributed by atoms with Crippen molar-refractivity contribution in [2.75, 3.05) is 5.32 Å². The zero-order valence-corrected chi connectivity index (χ0v) is 11.7. The van der Waals surface area contributed by atoms with Crippen LogP contribution in [0.3, 0.4) is 0 Å². The monoisotopic (exact) mass is 259 g/mol. The molecule has 0 amide bonds. The van der Waals surface area contributed by atoms with Crippen LogP contribution >= 0.6 is 0 Å². The van der Waals surface area contributed by atoms with Crippen LogP contribution in [0.2, 0.25) is 0 Å². The number of rotatable bonds is 6. The number of hydrogen-bond donors (Lipinski definition) is 1. The van der Waals surface area contributed by atoms with Crippen LogP contribution in [-0.2, 0) is 0 Å². The molecule has 1 unspecified atom stereocenters. The van der Waals surface area contributed by atoms with Gasteiger partial charge in [0.15, 0.2) is 0 Å². The van der Waals surface area contributed by atoms with Crippen molar-refractivity contribution >= 4 is 5.69 Å². The Morgan fingerprint density at radius 3 is 2.42 bits per heavy atom. The van der Waals surface area contributed by atoms with E-state index in [1.165, 1.54) is 0 Å². The molecule has 0 aliphatic rings. The summed E-state index contributed by atoms with van der Waals surface area (Å²) in [5.41, 5.74) is 1.07. The molecule has 3 nitrogen and oxygen atoms in total. The highest BCUT2D eigenvalue weighted by Crippen LogP contribution is 2.24. The Bertz CT molecular complexity index is 474. The fourth-order valence-electron chi connectivity index (χ4n) is 1.97. The maximum Gasteiger partial charge on any atom is 0.125 e. The van der Waals surface area contributed by atoms with Crippen molar-refractivity contribution in [2.45, 2.75) is 39.3 Å². The Morgan fingerprint density at radius 1 is 1.16 bits per heavy atom. The Labute approximate surface area is 114 Å². The summed E-state index contributed by atoms with van der Waals surface area (Å²) >= 11 is 0. The quantitative estimate of drug-likeness (QED) is 0.821. The number of hydrogen-bond acceptors (Lipinski definition) is 3. The highest BCUT2D eigenvalue weighted by atomic mass is 16.5. The van der Waals surface area contributed by atoms with E-state index in [2.05, 4.69) is 12.2 Å². The van der Waals surface area contributed by atoms with Crippen LogP contribution < -0.4 is 10.1 Å². The van der Waals surface area contributed by atoms with E-state index in [4.69, 9.17) is 9.15 Å². The lowest BCUT2D eigenvalue weighted by atomic mass is 10.1. The number of benzene rings is 1. The average Bonchev–Trinajstić information content (AvgIpc) is 2.91. The van der Waals surface area contributed by atoms with Crippen LogP contribution in [0.25, 0.3) is 0 Å². The average molecular weight is 259 g/mol. The van der Waals surface area contributed by atoms with Gasteiger partial charge >= 0.3 is 0 Å². The maximum atomic E-state index is 5.63. The topological polar surface area (TPSA) is 34.4 Å². The SMILES string of the molecule is CCC(Nc1ccc(OC(C)C)cc1)c1ccco1. The van der Waals surface area contributed by atoms with Crippen LogP contribution in [0.1, 0.15) is 39.0 Å². The van der Waals surface area contributed by atoms with Crippen molar-refractivity contribution in [1.82, 2.24) is 0 Å². The molecule has 0 saturated carbocycles. The zero-order valence-electron chi connectivity index (χ0n) is 11.7. The number of furan rings is 1. The minimum absolute atomic E-state index is 0.199. The van der Waals surface area contributed by atoms with E-state index in [1.807, 2.05) is 50.2 Å². The first kappa shape index (κ1) is 13.5. The summed E-state index contributed by atoms with van der Waals surface area (Å²) in [6, 6.07) is 12.1. The van der Waals surface area contributed by atoms with Gasteiger partial charge in [-0.15, -0.1) is 0 Å². The molecule has 1 aromatic carbocycles. The van der Waals surface area contributed by atoms with Gasteiger partial charge in [-0.25, -0.2) is 0 Å². The summed E-state index contributed by atoms with van der Waals surface area (Å²) in [6.45, 7) is 6.18. The molecule has 1 N–H and O–H groups in total. The second-order valence-electron chi connectivity index (χ2n) is 4.81. The van der Waals surface area contributed by atoms with Gasteiger partial charge in [0.05, 0.1) is 18.4 Å². The summed E-state index contributed by atoms with van der Waals surface area (Å²) in [7, 11) is 0. The van der Waals surface area contributed by atoms with Gasteiger partial charge in [0.2, 0.25) is 0 Å². The van der Waals surface area contributed by atoms with Gasteiger partial charge < -0.3 is 14.5 Å². The summed E-state index contributed by atoms with van der Waals surface area (Å²) < 4.78 is 11.1. The number of nitrogens with one attached hydrogen (secondary N) is 1. The third-order valence-corrected chi connectivity index (χ3v) is 2.86. The standard InChI is InChI=1S/C16H21NO2/c1-4-15(16-6-5-11-18-16)17-13-7-9-14(10-8-13)19-12(2)3/h5-12,15,17H,4H2,1-3H3. The summed E-state index contributed by atoms with van der Waals surface area (Å²) in [5.74, 6) is 1.86. The molecule has 0 bridgehead atoms. The molecule has 19 heavy (non-hydrogen) atoms. The Balaban J connectivity index is 2.02. The normalized spacial score (nSPS) is 12.4. The van der Waals surface area contributed by atoms with Gasteiger partial charge in [0.25, 0.3) is 0 Å². The molecule has 2 rings (SSSR count). The van der Waals surface area contributed by atoms with E-state index in [1.54, 1.807) is 6.26 Å². The van der Waals surface area contributed by atoms with E-state index in [-0.39, 0.29) is 12.1 Å². The second-order valence-corrected chi connectivity index (χ2v) is 4.81. The molecule has 3 heteroatoms. The highest BCUT2D eigenvalue weighted by molar-refractivity contribution is 5.47. The molecule has 102 valence electrons. The molecule has 2 aromatic rings. The number of anilines is 1. The number of ether oxygens (including phenoxy) is 1. The highest BCUT2D eigenvalue weighted by Gasteiger charge is 2.11. The second kappa shape index (κ2) is 6.32. The van der Waals surface area contributed by atoms with E-state index in [9.17, 15) is 0 Å². The Morgan fingerprint density at radius 2 is 1.89 bits per heavy atom. The van der Waals surface area contributed by atoms with Crippen molar-refractivity contribution in [3.8, 4) is 5.75 Å². The molecule has 1 aromatic heterocycles. The van der Waals surface area contributed by atoms with Crippen LogP contribution in [-0.4, -0.2) is 6.10 Å². The van der Waals surface area contributed by atoms with Crippen LogP contribution in [0, 0.1) is 0 Å². The predicted octanol–water partition coefficient (Wildman–Crippen LogP) is 4.63. The van der Waals surface area contributed by atoms with Gasteiger partial charge in [-0.1, -0.05) is 6.92 Å². The van der Waals surface area contributed by atoms with Gasteiger partial charge in [-0.05, 0) is 56.7 Å². The molecule has 0 fully saturated rings. The third kappa shape index (κ3) is 3.78. The van der Waals surface area contributed by atoms with E-state index in [0.29, 0.717) is 0 Å². The lowest BCUT2D eigenvalue weighted by Crippen LogP contribution is -2.09. The lowest BCUT2D eigenvalue weighted by Gasteiger charge is -2.16. The molecular weight excluding hydrogens is 238 g/mol. The van der Waals surface area contributed by atoms with Gasteiger partial charge in [0, 0.05) is 5.69 Å². The van der Waals surface area contributed by atoms with Crippen LogP contribution in [0.5, 0.6) is 5.75 Å². The lowest BCUT2D eigenvalue weighted by molar-refractivity contribution is 0.242. The van der Waals surface area contributed by atoms with Crippen molar-refractivity contribution < 1.29 is 9.15 Å². The summed E-state index contributed by atoms with van der Waals surface area (Å²) in [6.07, 6.45) is 2.88. The minimum Gasteiger partial charge on any atom is -0.491 e. The van der Waals surface area contributed by atoms with Crippen molar-refractivity contribution in [2.24, 2.45) is 0 Å². The van der Waals surface area contributed by atoms with E-state index >= 15 is 0 Å². The summed E-state index contributed by atoms with van der Waals surface area (Å²) in [4.78, 5) is 0. The van der Waals surface area contributed by atoms with Crippen LogP contribution in [0.15, 0.2) is 47.1 Å². The molecule has 0 aliphatic heterocycles. The zero-order chi connectivity index (χ0) is 13.7. The Kier molecular flexibility index (Phi) is 4.50. The largest absolute Gasteiger partial charge is 0.491 e. The van der Waals surface area contributed by atoms with E-state index in [0.717, 1.165) is 23.6 Å². The van der Waals surface area contributed by atoms with Crippen molar-refractivity contribution in [3.63, 3.8) is 0 Å². The Hall–Kier alpha value is -1.90. The first-order valence-corrected chi connectivity index (χ1v) is 6.75. The van der Waals surface area contributed by atoms with Crippen LogP contribution in [0.4, 0.5) is 5.69 Å². The van der Waals surface area contributed by atoms with Gasteiger partial charge in [-0.2, -0.15) is 0 Å². The molecule has 1 atom stereocenters. The molecule has 0 saturated heterocycles. The molecular formula is C16H21NO2. The first-order chi connectivity index (χ1) is 9.19.